The van der Waals surface area contributed by atoms with Crippen LogP contribution in [0, 0.1) is 25.5 Å². The van der Waals surface area contributed by atoms with Gasteiger partial charge in [0.1, 0.15) is 24.0 Å². The van der Waals surface area contributed by atoms with Crippen LogP contribution in [-0.4, -0.2) is 7.05 Å². The third-order valence-electron chi connectivity index (χ3n) is 3.21. The second-order valence-electron chi connectivity index (χ2n) is 5.16. The van der Waals surface area contributed by atoms with Crippen molar-refractivity contribution in [1.82, 2.24) is 5.32 Å². The van der Waals surface area contributed by atoms with Gasteiger partial charge in [-0.15, -0.1) is 0 Å². The molecule has 2 rings (SSSR count). The van der Waals surface area contributed by atoms with Crippen molar-refractivity contribution in [2.24, 2.45) is 0 Å². The van der Waals surface area contributed by atoms with Gasteiger partial charge in [-0.3, -0.25) is 0 Å². The molecular weight excluding hydrogens is 272 g/mol. The molecule has 0 aliphatic rings. The van der Waals surface area contributed by atoms with Gasteiger partial charge in [0.05, 0.1) is 0 Å². The van der Waals surface area contributed by atoms with E-state index in [2.05, 4.69) is 5.32 Å². The van der Waals surface area contributed by atoms with Gasteiger partial charge in [0.15, 0.2) is 0 Å². The second-order valence-corrected chi connectivity index (χ2v) is 5.16. The Labute approximate surface area is 123 Å². The van der Waals surface area contributed by atoms with E-state index >= 15 is 0 Å². The van der Waals surface area contributed by atoms with Crippen LogP contribution in [-0.2, 0) is 13.2 Å². The Bertz CT molecular complexity index is 597. The highest BCUT2D eigenvalue weighted by Gasteiger charge is 2.08. The highest BCUT2D eigenvalue weighted by molar-refractivity contribution is 5.43. The standard InChI is InChI=1S/C17H19F2NO/c1-11-4-13(9-20-3)5-12(2)17(11)21-10-14-6-15(18)8-16(19)7-14/h4-8,20H,9-10H2,1-3H3. The van der Waals surface area contributed by atoms with E-state index in [4.69, 9.17) is 4.74 Å². The van der Waals surface area contributed by atoms with Gasteiger partial charge in [-0.25, -0.2) is 8.78 Å². The van der Waals surface area contributed by atoms with Crippen molar-refractivity contribution < 1.29 is 13.5 Å². The van der Waals surface area contributed by atoms with Crippen molar-refractivity contribution in [3.63, 3.8) is 0 Å². The lowest BCUT2D eigenvalue weighted by atomic mass is 10.1. The minimum Gasteiger partial charge on any atom is -0.488 e. The van der Waals surface area contributed by atoms with E-state index in [0.717, 1.165) is 29.5 Å². The molecule has 0 bridgehead atoms. The minimum atomic E-state index is -0.591. The summed E-state index contributed by atoms with van der Waals surface area (Å²) in [6.07, 6.45) is 0. The molecule has 2 nitrogen and oxygen atoms in total. The SMILES string of the molecule is CNCc1cc(C)c(OCc2cc(F)cc(F)c2)c(C)c1. The highest BCUT2D eigenvalue weighted by atomic mass is 19.1. The monoisotopic (exact) mass is 291 g/mol. The smallest absolute Gasteiger partial charge is 0.126 e. The number of rotatable bonds is 5. The van der Waals surface area contributed by atoms with Crippen LogP contribution in [0.5, 0.6) is 5.75 Å². The summed E-state index contributed by atoms with van der Waals surface area (Å²) < 4.78 is 32.0. The fourth-order valence-electron chi connectivity index (χ4n) is 2.42. The maximum absolute atomic E-state index is 13.1. The van der Waals surface area contributed by atoms with Gasteiger partial charge in [-0.2, -0.15) is 0 Å². The Morgan fingerprint density at radius 2 is 1.48 bits per heavy atom. The fraction of sp³-hybridized carbons (Fsp3) is 0.294. The normalized spacial score (nSPS) is 10.7. The maximum Gasteiger partial charge on any atom is 0.126 e. The average molecular weight is 291 g/mol. The summed E-state index contributed by atoms with van der Waals surface area (Å²) in [7, 11) is 1.90. The van der Waals surface area contributed by atoms with Crippen molar-refractivity contribution in [3.05, 3.63) is 64.2 Å². The summed E-state index contributed by atoms with van der Waals surface area (Å²) in [6, 6.07) is 7.51. The van der Waals surface area contributed by atoms with Crippen LogP contribution in [0.1, 0.15) is 22.3 Å². The molecule has 0 unspecified atom stereocenters. The molecule has 21 heavy (non-hydrogen) atoms. The molecule has 0 aliphatic heterocycles. The van der Waals surface area contributed by atoms with Crippen LogP contribution in [0.25, 0.3) is 0 Å². The van der Waals surface area contributed by atoms with Crippen LogP contribution < -0.4 is 10.1 Å². The lowest BCUT2D eigenvalue weighted by Crippen LogP contribution is -2.07. The van der Waals surface area contributed by atoms with Gasteiger partial charge in [0.2, 0.25) is 0 Å². The van der Waals surface area contributed by atoms with Crippen LogP contribution in [0.4, 0.5) is 8.78 Å². The molecule has 0 aliphatic carbocycles. The van der Waals surface area contributed by atoms with Crippen LogP contribution in [0.3, 0.4) is 0 Å². The van der Waals surface area contributed by atoms with Crippen molar-refractivity contribution in [2.45, 2.75) is 27.0 Å². The molecule has 0 atom stereocenters. The largest absolute Gasteiger partial charge is 0.488 e. The van der Waals surface area contributed by atoms with E-state index in [-0.39, 0.29) is 6.61 Å². The number of ether oxygens (including phenoxy) is 1. The summed E-state index contributed by atoms with van der Waals surface area (Å²) in [4.78, 5) is 0. The first-order chi connectivity index (χ1) is 9.99. The molecule has 0 fully saturated rings. The molecule has 2 aromatic carbocycles. The predicted octanol–water partition coefficient (Wildman–Crippen LogP) is 3.88. The lowest BCUT2D eigenvalue weighted by molar-refractivity contribution is 0.300. The van der Waals surface area contributed by atoms with E-state index in [1.807, 2.05) is 33.0 Å². The molecule has 0 radical (unpaired) electrons. The molecule has 0 saturated heterocycles. The number of aryl methyl sites for hydroxylation is 2. The Morgan fingerprint density at radius 1 is 0.905 bits per heavy atom. The summed E-state index contributed by atoms with van der Waals surface area (Å²) >= 11 is 0. The Hall–Kier alpha value is -1.94. The van der Waals surface area contributed by atoms with E-state index in [1.165, 1.54) is 17.7 Å². The third-order valence-corrected chi connectivity index (χ3v) is 3.21. The number of halogens is 2. The highest BCUT2D eigenvalue weighted by Crippen LogP contribution is 2.26. The van der Waals surface area contributed by atoms with Crippen LogP contribution in [0.2, 0.25) is 0 Å². The molecule has 1 N–H and O–H groups in total. The van der Waals surface area contributed by atoms with Crippen molar-refractivity contribution in [1.29, 1.82) is 0 Å². The quantitative estimate of drug-likeness (QED) is 0.902. The summed E-state index contributed by atoms with van der Waals surface area (Å²) in [5.74, 6) is -0.419. The number of benzene rings is 2. The van der Waals surface area contributed by atoms with Crippen LogP contribution >= 0.6 is 0 Å². The first-order valence-corrected chi connectivity index (χ1v) is 6.82. The molecule has 0 aromatic heterocycles. The molecule has 4 heteroatoms. The minimum absolute atomic E-state index is 0.141. The molecule has 0 heterocycles. The first-order valence-electron chi connectivity index (χ1n) is 6.82. The molecule has 112 valence electrons. The van der Waals surface area contributed by atoms with Gasteiger partial charge in [0, 0.05) is 12.6 Å². The Balaban J connectivity index is 2.16. The molecular formula is C17H19F2NO. The Kier molecular flexibility index (Phi) is 4.91. The number of hydrogen-bond donors (Lipinski definition) is 1. The second kappa shape index (κ2) is 6.68. The van der Waals surface area contributed by atoms with Gasteiger partial charge < -0.3 is 10.1 Å². The van der Waals surface area contributed by atoms with E-state index < -0.39 is 11.6 Å². The zero-order valence-corrected chi connectivity index (χ0v) is 12.5. The predicted molar refractivity (Wildman–Crippen MR) is 79.4 cm³/mol. The zero-order chi connectivity index (χ0) is 15.4. The van der Waals surface area contributed by atoms with Gasteiger partial charge in [-0.05, 0) is 55.3 Å². The summed E-state index contributed by atoms with van der Waals surface area (Å²) in [5.41, 5.74) is 3.68. The third kappa shape index (κ3) is 4.02. The van der Waals surface area contributed by atoms with Crippen molar-refractivity contribution >= 4 is 0 Å². The number of nitrogens with one attached hydrogen (secondary N) is 1. The summed E-state index contributed by atoms with van der Waals surface area (Å²) in [5, 5.41) is 3.10. The Morgan fingerprint density at radius 3 is 2.00 bits per heavy atom. The molecule has 0 saturated carbocycles. The van der Waals surface area contributed by atoms with E-state index in [9.17, 15) is 8.78 Å². The van der Waals surface area contributed by atoms with Crippen molar-refractivity contribution in [2.75, 3.05) is 7.05 Å². The fourth-order valence-corrected chi connectivity index (χ4v) is 2.42. The lowest BCUT2D eigenvalue weighted by Gasteiger charge is -2.14. The van der Waals surface area contributed by atoms with Gasteiger partial charge in [0.25, 0.3) is 0 Å². The topological polar surface area (TPSA) is 21.3 Å². The zero-order valence-electron chi connectivity index (χ0n) is 12.5. The van der Waals surface area contributed by atoms with E-state index in [0.29, 0.717) is 5.56 Å². The molecule has 2 aromatic rings. The van der Waals surface area contributed by atoms with Gasteiger partial charge >= 0.3 is 0 Å². The number of hydrogen-bond acceptors (Lipinski definition) is 2. The molecule has 0 amide bonds. The van der Waals surface area contributed by atoms with Crippen molar-refractivity contribution in [3.8, 4) is 5.75 Å². The van der Waals surface area contributed by atoms with E-state index in [1.54, 1.807) is 0 Å². The van der Waals surface area contributed by atoms with Crippen LogP contribution in [0.15, 0.2) is 30.3 Å². The first kappa shape index (κ1) is 15.4. The maximum atomic E-state index is 13.1. The summed E-state index contributed by atoms with van der Waals surface area (Å²) in [6.45, 7) is 4.86. The van der Waals surface area contributed by atoms with Gasteiger partial charge in [-0.1, -0.05) is 12.1 Å². The average Bonchev–Trinajstić information content (AvgIpc) is 2.36. The molecule has 0 spiro atoms.